The van der Waals surface area contributed by atoms with Crippen molar-refractivity contribution in [3.63, 3.8) is 0 Å². The molecule has 0 amide bonds. The minimum atomic E-state index is -0.106. The Morgan fingerprint density at radius 2 is 1.08 bits per heavy atom. The lowest BCUT2D eigenvalue weighted by Crippen LogP contribution is -2.18. The Labute approximate surface area is 287 Å². The first-order chi connectivity index (χ1) is 24.8. The molecule has 0 N–H and O–H groups in total. The van der Waals surface area contributed by atoms with Gasteiger partial charge in [-0.15, -0.1) is 0 Å². The normalized spacial score (nSPS) is 17.2. The highest BCUT2D eigenvalue weighted by Crippen LogP contribution is 2.55. The van der Waals surface area contributed by atoms with Gasteiger partial charge in [0.25, 0.3) is 0 Å². The molecule has 7 aromatic carbocycles. The predicted octanol–water partition coefficient (Wildman–Crippen LogP) is 11.8. The molecular formula is C46H28N2O2. The zero-order chi connectivity index (χ0) is 32.5. The first-order valence-corrected chi connectivity index (χ1v) is 17.3. The highest BCUT2D eigenvalue weighted by atomic mass is 16.5. The molecule has 50 heavy (non-hydrogen) atoms. The van der Waals surface area contributed by atoms with Crippen LogP contribution in [0.5, 0.6) is 17.2 Å². The Morgan fingerprint density at radius 3 is 1.74 bits per heavy atom. The SMILES string of the molecule is C1=CC2c3c(cc4c5c(cccc35)Oc3cc(-n5c6ccccc6c6ccccc65)ccc3-4)OC2C=C1n1c2ccccc2c2ccccc21. The number of benzene rings is 7. The Morgan fingerprint density at radius 1 is 0.480 bits per heavy atom. The molecule has 234 valence electrons. The van der Waals surface area contributed by atoms with E-state index in [1.54, 1.807) is 0 Å². The van der Waals surface area contributed by atoms with Gasteiger partial charge in [-0.2, -0.15) is 0 Å². The molecule has 0 bridgehead atoms. The fraction of sp³-hybridized carbons (Fsp3) is 0.0435. The van der Waals surface area contributed by atoms with E-state index >= 15 is 0 Å². The van der Waals surface area contributed by atoms with Gasteiger partial charge in [-0.05, 0) is 66.1 Å². The molecule has 4 heterocycles. The monoisotopic (exact) mass is 640 g/mol. The second-order valence-corrected chi connectivity index (χ2v) is 13.6. The van der Waals surface area contributed by atoms with E-state index in [2.05, 4.69) is 167 Å². The van der Waals surface area contributed by atoms with Crippen molar-refractivity contribution in [2.75, 3.05) is 0 Å². The van der Waals surface area contributed by atoms with Gasteiger partial charge < -0.3 is 18.6 Å². The van der Waals surface area contributed by atoms with Crippen LogP contribution in [0.1, 0.15) is 11.5 Å². The zero-order valence-corrected chi connectivity index (χ0v) is 26.9. The molecule has 2 unspecified atom stereocenters. The molecule has 4 heteroatoms. The van der Waals surface area contributed by atoms with Crippen LogP contribution in [0.4, 0.5) is 0 Å². The standard InChI is InChI=1S/C46H28N2O2/c1-5-15-37-29(10-1)30-11-2-6-16-38(30)47(37)27-20-22-33-36-26-44-45(35-14-9-19-41(46(35)36)49-42(33)24-27)34-23-21-28(25-43(34)50-44)48-39-17-7-3-12-31(39)32-13-4-8-18-40(32)48/h1-26,34,43H. The van der Waals surface area contributed by atoms with Crippen LogP contribution >= 0.6 is 0 Å². The van der Waals surface area contributed by atoms with Crippen molar-refractivity contribution in [3.05, 3.63) is 163 Å². The summed E-state index contributed by atoms with van der Waals surface area (Å²) in [5, 5.41) is 7.36. The number of para-hydroxylation sites is 4. The van der Waals surface area contributed by atoms with Gasteiger partial charge in [0.15, 0.2) is 0 Å². The van der Waals surface area contributed by atoms with E-state index < -0.39 is 0 Å². The maximum atomic E-state index is 6.89. The van der Waals surface area contributed by atoms with Crippen molar-refractivity contribution in [1.29, 1.82) is 0 Å². The largest absolute Gasteiger partial charge is 0.485 e. The van der Waals surface area contributed by atoms with Crippen LogP contribution in [-0.2, 0) is 0 Å². The lowest BCUT2D eigenvalue weighted by atomic mass is 9.84. The van der Waals surface area contributed by atoms with Gasteiger partial charge in [-0.25, -0.2) is 0 Å². The summed E-state index contributed by atoms with van der Waals surface area (Å²) in [5.74, 6) is 2.80. The maximum Gasteiger partial charge on any atom is 0.137 e. The highest BCUT2D eigenvalue weighted by molar-refractivity contribution is 6.12. The fourth-order valence-electron chi connectivity index (χ4n) is 8.97. The van der Waals surface area contributed by atoms with Crippen molar-refractivity contribution in [1.82, 2.24) is 9.13 Å². The van der Waals surface area contributed by atoms with Gasteiger partial charge in [0, 0.05) is 67.0 Å². The summed E-state index contributed by atoms with van der Waals surface area (Å²) in [6.07, 6.45) is 6.81. The van der Waals surface area contributed by atoms with E-state index in [0.29, 0.717) is 0 Å². The van der Waals surface area contributed by atoms with Crippen LogP contribution in [0.25, 0.3) is 76.9 Å². The summed E-state index contributed by atoms with van der Waals surface area (Å²) in [6.45, 7) is 0. The van der Waals surface area contributed by atoms with E-state index in [-0.39, 0.29) is 12.0 Å². The molecule has 3 aliphatic rings. The first-order valence-electron chi connectivity index (χ1n) is 17.3. The van der Waals surface area contributed by atoms with Gasteiger partial charge >= 0.3 is 0 Å². The summed E-state index contributed by atoms with van der Waals surface area (Å²) in [6, 6.07) is 49.9. The van der Waals surface area contributed by atoms with Gasteiger partial charge in [0.1, 0.15) is 23.4 Å². The number of fused-ring (bicyclic) bond motifs is 12. The minimum absolute atomic E-state index is 0.106. The quantitative estimate of drug-likeness (QED) is 0.188. The molecule has 2 aromatic heterocycles. The molecule has 4 nitrogen and oxygen atoms in total. The Kier molecular flexibility index (Phi) is 5.05. The minimum Gasteiger partial charge on any atom is -0.485 e. The van der Waals surface area contributed by atoms with Gasteiger partial charge in [0.05, 0.1) is 22.1 Å². The van der Waals surface area contributed by atoms with Crippen molar-refractivity contribution >= 4 is 60.1 Å². The molecule has 2 aliphatic heterocycles. The van der Waals surface area contributed by atoms with E-state index in [1.807, 2.05) is 0 Å². The average Bonchev–Trinajstić information content (AvgIpc) is 3.82. The van der Waals surface area contributed by atoms with Crippen molar-refractivity contribution in [2.45, 2.75) is 12.0 Å². The predicted molar refractivity (Wildman–Crippen MR) is 204 cm³/mol. The summed E-state index contributed by atoms with van der Waals surface area (Å²) in [7, 11) is 0. The van der Waals surface area contributed by atoms with Crippen LogP contribution < -0.4 is 9.47 Å². The van der Waals surface area contributed by atoms with E-state index in [1.165, 1.54) is 54.6 Å². The number of rotatable bonds is 2. The second kappa shape index (κ2) is 9.55. The van der Waals surface area contributed by atoms with Crippen molar-refractivity contribution < 1.29 is 9.47 Å². The third kappa shape index (κ3) is 3.40. The number of nitrogens with zero attached hydrogens (tertiary/aromatic N) is 2. The summed E-state index contributed by atoms with van der Waals surface area (Å²) in [4.78, 5) is 0. The first kappa shape index (κ1) is 26.4. The van der Waals surface area contributed by atoms with Crippen LogP contribution in [0, 0.1) is 0 Å². The Balaban J connectivity index is 0.996. The van der Waals surface area contributed by atoms with Gasteiger partial charge in [-0.1, -0.05) is 91.0 Å². The molecule has 9 aromatic rings. The third-order valence-electron chi connectivity index (χ3n) is 11.0. The Bertz CT molecular complexity index is 2900. The lowest BCUT2D eigenvalue weighted by Gasteiger charge is -2.24. The summed E-state index contributed by atoms with van der Waals surface area (Å²) >= 11 is 0. The van der Waals surface area contributed by atoms with Crippen LogP contribution in [0.15, 0.2) is 158 Å². The molecule has 0 saturated heterocycles. The Hall–Kier alpha value is -6.52. The molecular weight excluding hydrogens is 613 g/mol. The second-order valence-electron chi connectivity index (χ2n) is 13.6. The van der Waals surface area contributed by atoms with E-state index in [4.69, 9.17) is 9.47 Å². The smallest absolute Gasteiger partial charge is 0.137 e. The van der Waals surface area contributed by atoms with E-state index in [9.17, 15) is 0 Å². The van der Waals surface area contributed by atoms with Crippen LogP contribution in [0.2, 0.25) is 0 Å². The average molecular weight is 641 g/mol. The van der Waals surface area contributed by atoms with Gasteiger partial charge in [0.2, 0.25) is 0 Å². The number of hydrogen-bond acceptors (Lipinski definition) is 2. The number of aromatic nitrogens is 2. The van der Waals surface area contributed by atoms with Crippen molar-refractivity contribution in [3.8, 4) is 34.1 Å². The maximum absolute atomic E-state index is 6.89. The molecule has 2 atom stereocenters. The molecule has 0 saturated carbocycles. The van der Waals surface area contributed by atoms with Crippen molar-refractivity contribution in [2.24, 2.45) is 0 Å². The third-order valence-corrected chi connectivity index (χ3v) is 11.0. The fourth-order valence-corrected chi connectivity index (χ4v) is 8.97. The number of ether oxygens (including phenoxy) is 2. The molecule has 0 fully saturated rings. The van der Waals surface area contributed by atoms with Crippen LogP contribution in [0.3, 0.4) is 0 Å². The molecule has 12 rings (SSSR count). The highest BCUT2D eigenvalue weighted by Gasteiger charge is 2.38. The summed E-state index contributed by atoms with van der Waals surface area (Å²) < 4.78 is 18.4. The number of allylic oxidation sites excluding steroid dienone is 2. The number of hydrogen-bond donors (Lipinski definition) is 0. The van der Waals surface area contributed by atoms with Gasteiger partial charge in [-0.3, -0.25) is 0 Å². The topological polar surface area (TPSA) is 28.3 Å². The molecule has 0 radical (unpaired) electrons. The molecule has 1 aliphatic carbocycles. The van der Waals surface area contributed by atoms with Crippen LogP contribution in [-0.4, -0.2) is 15.2 Å². The molecule has 0 spiro atoms. The lowest BCUT2D eigenvalue weighted by molar-refractivity contribution is 0.269. The summed E-state index contributed by atoms with van der Waals surface area (Å²) in [5.41, 5.74) is 10.5. The zero-order valence-electron chi connectivity index (χ0n) is 26.9. The van der Waals surface area contributed by atoms with E-state index in [0.717, 1.165) is 45.1 Å².